The molecule has 0 saturated carbocycles. The zero-order valence-electron chi connectivity index (χ0n) is 14.8. The lowest BCUT2D eigenvalue weighted by Crippen LogP contribution is -2.36. The predicted octanol–water partition coefficient (Wildman–Crippen LogP) is 3.72. The van der Waals surface area contributed by atoms with E-state index in [9.17, 15) is 0 Å². The van der Waals surface area contributed by atoms with Gasteiger partial charge >= 0.3 is 0 Å². The molecule has 0 heterocycles. The summed E-state index contributed by atoms with van der Waals surface area (Å²) in [7, 11) is 3.26. The standard InChI is InChI=1S/C19H24BrN3O2/c1-4-21-19(22-12-14-8-6-5-7-9-14)23-13-15-10-17(24-2)18(25-3)11-16(15)20/h5-11H,4,12-13H2,1-3H3,(H2,21,22,23). The number of guanidine groups is 1. The Morgan fingerprint density at radius 3 is 2.36 bits per heavy atom. The third-order valence-corrected chi connectivity index (χ3v) is 4.34. The van der Waals surface area contributed by atoms with Gasteiger partial charge in [0.05, 0.1) is 20.8 Å². The number of nitrogens with zero attached hydrogens (tertiary/aromatic N) is 1. The molecule has 0 bridgehead atoms. The summed E-state index contributed by atoms with van der Waals surface area (Å²) in [5, 5.41) is 6.61. The SMILES string of the molecule is CCNC(=NCc1ccccc1)NCc1cc(OC)c(OC)cc1Br. The molecule has 0 aliphatic heterocycles. The second kappa shape index (κ2) is 9.93. The van der Waals surface area contributed by atoms with Crippen LogP contribution in [-0.4, -0.2) is 26.7 Å². The van der Waals surface area contributed by atoms with E-state index in [4.69, 9.17) is 9.47 Å². The minimum absolute atomic E-state index is 0.613. The van der Waals surface area contributed by atoms with Crippen molar-refractivity contribution < 1.29 is 9.47 Å². The number of ether oxygens (including phenoxy) is 2. The number of aliphatic imine (C=N–C) groups is 1. The van der Waals surface area contributed by atoms with Crippen molar-refractivity contribution in [3.63, 3.8) is 0 Å². The topological polar surface area (TPSA) is 54.9 Å². The highest BCUT2D eigenvalue weighted by Gasteiger charge is 2.10. The van der Waals surface area contributed by atoms with Gasteiger partial charge in [0.1, 0.15) is 0 Å². The van der Waals surface area contributed by atoms with Crippen LogP contribution in [0.5, 0.6) is 11.5 Å². The van der Waals surface area contributed by atoms with E-state index >= 15 is 0 Å². The summed E-state index contributed by atoms with van der Waals surface area (Å²) in [5.41, 5.74) is 2.23. The number of methoxy groups -OCH3 is 2. The second-order valence-electron chi connectivity index (χ2n) is 5.33. The predicted molar refractivity (Wildman–Crippen MR) is 105 cm³/mol. The Labute approximate surface area is 157 Å². The van der Waals surface area contributed by atoms with E-state index in [0.717, 1.165) is 22.5 Å². The van der Waals surface area contributed by atoms with Crippen molar-refractivity contribution in [2.24, 2.45) is 4.99 Å². The van der Waals surface area contributed by atoms with Crippen LogP contribution in [0.15, 0.2) is 51.9 Å². The molecule has 25 heavy (non-hydrogen) atoms. The lowest BCUT2D eigenvalue weighted by Gasteiger charge is -2.15. The third kappa shape index (κ3) is 5.67. The highest BCUT2D eigenvalue weighted by molar-refractivity contribution is 9.10. The van der Waals surface area contributed by atoms with Crippen molar-refractivity contribution in [3.05, 3.63) is 58.1 Å². The average Bonchev–Trinajstić information content (AvgIpc) is 2.65. The monoisotopic (exact) mass is 405 g/mol. The molecule has 0 saturated heterocycles. The Balaban J connectivity index is 2.08. The molecular formula is C19H24BrN3O2. The summed E-state index contributed by atoms with van der Waals surface area (Å²) in [6, 6.07) is 14.0. The highest BCUT2D eigenvalue weighted by Crippen LogP contribution is 2.33. The molecule has 134 valence electrons. The summed E-state index contributed by atoms with van der Waals surface area (Å²) in [6.07, 6.45) is 0. The Morgan fingerprint density at radius 1 is 1.04 bits per heavy atom. The summed E-state index contributed by atoms with van der Waals surface area (Å²) >= 11 is 3.58. The van der Waals surface area contributed by atoms with Crippen molar-refractivity contribution in [2.45, 2.75) is 20.0 Å². The van der Waals surface area contributed by atoms with Gasteiger partial charge in [0.25, 0.3) is 0 Å². The number of halogens is 1. The normalized spacial score (nSPS) is 11.1. The fourth-order valence-electron chi connectivity index (χ4n) is 2.31. The molecule has 2 N–H and O–H groups in total. The van der Waals surface area contributed by atoms with Crippen LogP contribution in [0.3, 0.4) is 0 Å². The molecule has 0 amide bonds. The maximum atomic E-state index is 5.37. The Morgan fingerprint density at radius 2 is 1.72 bits per heavy atom. The maximum absolute atomic E-state index is 5.37. The molecule has 6 heteroatoms. The minimum Gasteiger partial charge on any atom is -0.493 e. The van der Waals surface area contributed by atoms with Crippen LogP contribution in [0.1, 0.15) is 18.1 Å². The Hall–Kier alpha value is -2.21. The van der Waals surface area contributed by atoms with E-state index < -0.39 is 0 Å². The van der Waals surface area contributed by atoms with Crippen molar-refractivity contribution in [1.82, 2.24) is 10.6 Å². The van der Waals surface area contributed by atoms with Gasteiger partial charge in [-0.2, -0.15) is 0 Å². The summed E-state index contributed by atoms with van der Waals surface area (Å²) in [5.74, 6) is 2.17. The molecule has 0 aliphatic rings. The first-order valence-corrected chi connectivity index (χ1v) is 8.93. The number of rotatable bonds is 7. The quantitative estimate of drug-likeness (QED) is 0.544. The zero-order valence-corrected chi connectivity index (χ0v) is 16.4. The van der Waals surface area contributed by atoms with Crippen molar-refractivity contribution in [2.75, 3.05) is 20.8 Å². The molecule has 0 spiro atoms. The van der Waals surface area contributed by atoms with Crippen LogP contribution in [0, 0.1) is 0 Å². The molecule has 0 fully saturated rings. The van der Waals surface area contributed by atoms with Crippen LogP contribution in [0.25, 0.3) is 0 Å². The van der Waals surface area contributed by atoms with Crippen LogP contribution in [0.2, 0.25) is 0 Å². The molecule has 0 unspecified atom stereocenters. The van der Waals surface area contributed by atoms with Gasteiger partial charge in [0.2, 0.25) is 0 Å². The Bertz CT molecular complexity index is 705. The smallest absolute Gasteiger partial charge is 0.191 e. The first kappa shape index (κ1) is 19.1. The first-order valence-electron chi connectivity index (χ1n) is 8.14. The maximum Gasteiger partial charge on any atom is 0.191 e. The molecule has 0 atom stereocenters. The average molecular weight is 406 g/mol. The Kier molecular flexibility index (Phi) is 7.60. The van der Waals surface area contributed by atoms with E-state index in [1.165, 1.54) is 5.56 Å². The summed E-state index contributed by atoms with van der Waals surface area (Å²) in [4.78, 5) is 4.63. The van der Waals surface area contributed by atoms with Gasteiger partial charge in [0.15, 0.2) is 17.5 Å². The van der Waals surface area contributed by atoms with E-state index in [2.05, 4.69) is 43.7 Å². The second-order valence-corrected chi connectivity index (χ2v) is 6.19. The van der Waals surface area contributed by atoms with Crippen LogP contribution >= 0.6 is 15.9 Å². The highest BCUT2D eigenvalue weighted by atomic mass is 79.9. The van der Waals surface area contributed by atoms with Gasteiger partial charge in [-0.1, -0.05) is 46.3 Å². The zero-order chi connectivity index (χ0) is 18.1. The molecule has 0 radical (unpaired) electrons. The van der Waals surface area contributed by atoms with E-state index in [0.29, 0.717) is 24.6 Å². The molecular weight excluding hydrogens is 382 g/mol. The molecule has 2 aromatic rings. The lowest BCUT2D eigenvalue weighted by atomic mass is 10.2. The molecule has 0 aromatic heterocycles. The van der Waals surface area contributed by atoms with Gasteiger partial charge in [-0.3, -0.25) is 0 Å². The lowest BCUT2D eigenvalue weighted by molar-refractivity contribution is 0.354. The fourth-order valence-corrected chi connectivity index (χ4v) is 2.77. The van der Waals surface area contributed by atoms with Gasteiger partial charge in [-0.05, 0) is 30.2 Å². The van der Waals surface area contributed by atoms with Crippen LogP contribution < -0.4 is 20.1 Å². The summed E-state index contributed by atoms with van der Waals surface area (Å²) in [6.45, 7) is 4.09. The van der Waals surface area contributed by atoms with E-state index in [-0.39, 0.29) is 0 Å². The van der Waals surface area contributed by atoms with Crippen LogP contribution in [0.4, 0.5) is 0 Å². The molecule has 5 nitrogen and oxygen atoms in total. The van der Waals surface area contributed by atoms with Gasteiger partial charge in [-0.25, -0.2) is 4.99 Å². The largest absolute Gasteiger partial charge is 0.493 e. The van der Waals surface area contributed by atoms with Crippen LogP contribution in [-0.2, 0) is 13.1 Å². The number of hydrogen-bond donors (Lipinski definition) is 2. The number of benzene rings is 2. The van der Waals surface area contributed by atoms with E-state index in [1.54, 1.807) is 14.2 Å². The first-order chi connectivity index (χ1) is 12.2. The van der Waals surface area contributed by atoms with Crippen molar-refractivity contribution in [3.8, 4) is 11.5 Å². The van der Waals surface area contributed by atoms with Gasteiger partial charge < -0.3 is 20.1 Å². The summed E-state index contributed by atoms with van der Waals surface area (Å²) < 4.78 is 11.6. The molecule has 2 rings (SSSR count). The van der Waals surface area contributed by atoms with Crippen molar-refractivity contribution >= 4 is 21.9 Å². The van der Waals surface area contributed by atoms with Crippen molar-refractivity contribution in [1.29, 1.82) is 0 Å². The third-order valence-electron chi connectivity index (χ3n) is 3.61. The fraction of sp³-hybridized carbons (Fsp3) is 0.316. The number of hydrogen-bond acceptors (Lipinski definition) is 3. The molecule has 2 aromatic carbocycles. The van der Waals surface area contributed by atoms with Gasteiger partial charge in [0, 0.05) is 17.6 Å². The molecule has 0 aliphatic carbocycles. The van der Waals surface area contributed by atoms with E-state index in [1.807, 2.05) is 37.3 Å². The number of nitrogens with one attached hydrogen (secondary N) is 2. The minimum atomic E-state index is 0.613. The van der Waals surface area contributed by atoms with Gasteiger partial charge in [-0.15, -0.1) is 0 Å².